The zero-order chi connectivity index (χ0) is 7.68. The van der Waals surface area contributed by atoms with Crippen molar-refractivity contribution in [2.24, 2.45) is 0 Å². The number of fused-ring (bicyclic) bond motifs is 1. The maximum atomic E-state index is 7.61. The summed E-state index contributed by atoms with van der Waals surface area (Å²) in [6.45, 7) is 0. The average molecular weight is 132 g/mol. The molecule has 1 aliphatic carbocycles. The molecule has 0 amide bonds. The molecule has 0 bridgehead atoms. The van der Waals surface area contributed by atoms with Gasteiger partial charge >= 0.3 is 0 Å². The van der Waals surface area contributed by atoms with E-state index in [0.29, 0.717) is 6.05 Å². The van der Waals surface area contributed by atoms with Gasteiger partial charge in [-0.25, -0.2) is 0 Å². The zero-order valence-corrected chi connectivity index (χ0v) is 5.80. The van der Waals surface area contributed by atoms with Gasteiger partial charge in [0.15, 0.2) is 0 Å². The fourth-order valence-electron chi connectivity index (χ4n) is 1.29. The molecule has 0 heteroatoms. The van der Waals surface area contributed by atoms with Gasteiger partial charge < -0.3 is 0 Å². The molecule has 0 radical (unpaired) electrons. The molecule has 1 aliphatic rings. The largest absolute Gasteiger partial charge is 0.0836 e. The lowest BCUT2D eigenvalue weighted by Crippen LogP contribution is -1.91. The average Bonchev–Trinajstić information content (AvgIpc) is 2.06. The highest BCUT2D eigenvalue weighted by Gasteiger charge is 2.00. The van der Waals surface area contributed by atoms with Crippen LogP contribution in [-0.2, 0) is 6.42 Å². The molecular weight excluding hydrogens is 120 g/mol. The first-order chi connectivity index (χ1) is 5.38. The molecule has 0 atom stereocenters. The topological polar surface area (TPSA) is 0 Å². The number of benzene rings is 1. The van der Waals surface area contributed by atoms with Gasteiger partial charge in [0.25, 0.3) is 0 Å². The van der Waals surface area contributed by atoms with E-state index in [-0.39, 0.29) is 0 Å². The van der Waals surface area contributed by atoms with Crippen LogP contribution in [-0.4, -0.2) is 0 Å². The summed E-state index contributed by atoms with van der Waals surface area (Å²) in [5.74, 6) is 0. The third kappa shape index (κ3) is 0.860. The first-order valence-electron chi connectivity index (χ1n) is 4.13. The molecule has 0 saturated carbocycles. The second-order valence-corrected chi connectivity index (χ2v) is 2.54. The van der Waals surface area contributed by atoms with Gasteiger partial charge in [0.05, 0.1) is 1.37 Å². The van der Waals surface area contributed by atoms with E-state index in [1.54, 1.807) is 0 Å². The minimum Gasteiger partial charge on any atom is -0.0836 e. The standard InChI is InChI=1S/C10H10/c1-2-6-10-8-4-3-7-9(10)5-1/h1-3,5-7H,4,8H2/i7T. The molecule has 1 aromatic carbocycles. The summed E-state index contributed by atoms with van der Waals surface area (Å²) in [4.78, 5) is 0. The second kappa shape index (κ2) is 2.30. The monoisotopic (exact) mass is 132 g/mol. The van der Waals surface area contributed by atoms with Crippen molar-refractivity contribution in [3.63, 3.8) is 0 Å². The maximum absolute atomic E-state index is 7.61. The van der Waals surface area contributed by atoms with Crippen molar-refractivity contribution in [1.82, 2.24) is 0 Å². The second-order valence-electron chi connectivity index (χ2n) is 2.54. The van der Waals surface area contributed by atoms with Crippen molar-refractivity contribution in [3.05, 3.63) is 41.5 Å². The van der Waals surface area contributed by atoms with Crippen LogP contribution in [0.4, 0.5) is 0 Å². The Balaban J connectivity index is 2.56. The fraction of sp³-hybridized carbons (Fsp3) is 0.200. The smallest absolute Gasteiger partial charge is 0.0626 e. The molecule has 0 aliphatic heterocycles. The number of hydrogen-bond acceptors (Lipinski definition) is 0. The molecule has 0 aromatic heterocycles. The van der Waals surface area contributed by atoms with Gasteiger partial charge in [-0.3, -0.25) is 0 Å². The van der Waals surface area contributed by atoms with Crippen molar-refractivity contribution in [3.8, 4) is 0 Å². The Morgan fingerprint density at radius 3 is 3.10 bits per heavy atom. The lowest BCUT2D eigenvalue weighted by molar-refractivity contribution is 0.986. The van der Waals surface area contributed by atoms with Crippen LogP contribution in [0.3, 0.4) is 0 Å². The van der Waals surface area contributed by atoms with Gasteiger partial charge in [0.1, 0.15) is 0 Å². The Bertz CT molecular complexity index is 299. The summed E-state index contributed by atoms with van der Waals surface area (Å²) in [6, 6.07) is 8.85. The molecule has 1 aromatic rings. The molecule has 0 heterocycles. The Morgan fingerprint density at radius 2 is 2.20 bits per heavy atom. The molecule has 0 nitrogen and oxygen atoms in total. The maximum Gasteiger partial charge on any atom is 0.0626 e. The lowest BCUT2D eigenvalue weighted by Gasteiger charge is -2.07. The van der Waals surface area contributed by atoms with Crippen LogP contribution in [0, 0.1) is 0 Å². The molecule has 0 fully saturated rings. The van der Waals surface area contributed by atoms with Crippen molar-refractivity contribution >= 4 is 6.05 Å². The Labute approximate surface area is 62.6 Å². The molecule has 0 N–H and O–H groups in total. The van der Waals surface area contributed by atoms with Crippen LogP contribution >= 0.6 is 0 Å². The first-order valence-corrected chi connectivity index (χ1v) is 3.63. The highest BCUT2D eigenvalue weighted by atomic mass is 14.1. The molecule has 2 rings (SSSR count). The molecule has 0 saturated heterocycles. The number of rotatable bonds is 0. The minimum atomic E-state index is 0.687. The Hall–Kier alpha value is -1.04. The highest BCUT2D eigenvalue weighted by molar-refractivity contribution is 5.55. The normalized spacial score (nSPS) is 17.2. The molecular formula is C10H10. The van der Waals surface area contributed by atoms with Crippen LogP contribution in [0.1, 0.15) is 18.9 Å². The van der Waals surface area contributed by atoms with E-state index in [9.17, 15) is 0 Å². The highest BCUT2D eigenvalue weighted by Crippen LogP contribution is 2.17. The summed E-state index contributed by atoms with van der Waals surface area (Å²) in [5, 5.41) is 0. The van der Waals surface area contributed by atoms with Crippen molar-refractivity contribution < 1.29 is 1.37 Å². The van der Waals surface area contributed by atoms with Gasteiger partial charge in [-0.1, -0.05) is 36.4 Å². The van der Waals surface area contributed by atoms with Crippen molar-refractivity contribution in [2.45, 2.75) is 12.8 Å². The van der Waals surface area contributed by atoms with Crippen LogP contribution in [0.15, 0.2) is 30.3 Å². The first kappa shape index (κ1) is 4.73. The predicted molar refractivity (Wildman–Crippen MR) is 43.8 cm³/mol. The Kier molecular flexibility index (Phi) is 1.09. The fourth-order valence-corrected chi connectivity index (χ4v) is 1.29. The van der Waals surface area contributed by atoms with E-state index in [2.05, 4.69) is 6.07 Å². The van der Waals surface area contributed by atoms with Gasteiger partial charge in [-0.05, 0) is 24.0 Å². The summed E-state index contributed by atoms with van der Waals surface area (Å²) in [6.07, 6.45) is 4.11. The summed E-state index contributed by atoms with van der Waals surface area (Å²) in [7, 11) is 0. The van der Waals surface area contributed by atoms with Crippen molar-refractivity contribution in [2.75, 3.05) is 0 Å². The molecule has 0 spiro atoms. The summed E-state index contributed by atoms with van der Waals surface area (Å²) in [5.41, 5.74) is 2.43. The van der Waals surface area contributed by atoms with Crippen molar-refractivity contribution in [1.29, 1.82) is 0 Å². The van der Waals surface area contributed by atoms with Crippen LogP contribution in [0.25, 0.3) is 6.05 Å². The summed E-state index contributed by atoms with van der Waals surface area (Å²) < 4.78 is 7.61. The SMILES string of the molecule is [3H]C1=CCCc2ccccc21. The number of hydrogen-bond donors (Lipinski definition) is 0. The van der Waals surface area contributed by atoms with E-state index in [4.69, 9.17) is 1.37 Å². The van der Waals surface area contributed by atoms with Gasteiger partial charge in [0.2, 0.25) is 0 Å². The molecule has 0 unspecified atom stereocenters. The Morgan fingerprint density at radius 1 is 1.30 bits per heavy atom. The summed E-state index contributed by atoms with van der Waals surface area (Å²) >= 11 is 0. The van der Waals surface area contributed by atoms with E-state index in [1.165, 1.54) is 5.56 Å². The van der Waals surface area contributed by atoms with E-state index >= 15 is 0 Å². The van der Waals surface area contributed by atoms with Crippen LogP contribution in [0.5, 0.6) is 0 Å². The van der Waals surface area contributed by atoms with Gasteiger partial charge in [-0.2, -0.15) is 0 Å². The van der Waals surface area contributed by atoms with E-state index in [0.717, 1.165) is 18.4 Å². The van der Waals surface area contributed by atoms with Gasteiger partial charge in [-0.15, -0.1) is 0 Å². The number of allylic oxidation sites excluding steroid dienone is 1. The minimum absolute atomic E-state index is 0.687. The predicted octanol–water partition coefficient (Wildman–Crippen LogP) is 2.65. The van der Waals surface area contributed by atoms with Crippen LogP contribution < -0.4 is 0 Å². The molecule has 50 valence electrons. The quantitative estimate of drug-likeness (QED) is 0.509. The van der Waals surface area contributed by atoms with E-state index < -0.39 is 0 Å². The zero-order valence-electron chi connectivity index (χ0n) is 6.80. The van der Waals surface area contributed by atoms with E-state index in [1.807, 2.05) is 24.3 Å². The third-order valence-electron chi connectivity index (χ3n) is 1.83. The molecule has 10 heavy (non-hydrogen) atoms. The number of aryl methyl sites for hydroxylation is 1. The van der Waals surface area contributed by atoms with Crippen LogP contribution in [0.2, 0.25) is 0 Å². The van der Waals surface area contributed by atoms with Gasteiger partial charge in [0, 0.05) is 0 Å². The third-order valence-corrected chi connectivity index (χ3v) is 1.83. The lowest BCUT2D eigenvalue weighted by atomic mass is 9.98.